The fraction of sp³-hybridized carbons (Fsp3) is 0.143. The lowest BCUT2D eigenvalue weighted by atomic mass is 10.1. The van der Waals surface area contributed by atoms with Crippen LogP contribution < -0.4 is 10.5 Å². The zero-order valence-corrected chi connectivity index (χ0v) is 10.8. The lowest BCUT2D eigenvalue weighted by molar-refractivity contribution is -0.141. The first kappa shape index (κ1) is 16.0. The summed E-state index contributed by atoms with van der Waals surface area (Å²) in [4.78, 5) is 0. The van der Waals surface area contributed by atoms with Crippen LogP contribution in [0.15, 0.2) is 42.5 Å². The number of halogens is 6. The number of rotatable bonds is 2. The molecule has 0 spiro atoms. The predicted molar refractivity (Wildman–Crippen MR) is 67.4 cm³/mol. The minimum Gasteiger partial charge on any atom is -0.457 e. The van der Waals surface area contributed by atoms with Gasteiger partial charge in [0.25, 0.3) is 0 Å². The van der Waals surface area contributed by atoms with Crippen molar-refractivity contribution in [2.45, 2.75) is 12.4 Å². The number of nitrogen functional groups attached to an aromatic ring is 1. The van der Waals surface area contributed by atoms with E-state index in [0.29, 0.717) is 12.1 Å². The molecule has 8 heteroatoms. The Labute approximate surface area is 121 Å². The summed E-state index contributed by atoms with van der Waals surface area (Å²) in [5.74, 6) is -0.492. The monoisotopic (exact) mass is 321 g/mol. The van der Waals surface area contributed by atoms with Crippen LogP contribution in [0.5, 0.6) is 11.5 Å². The van der Waals surface area contributed by atoms with Gasteiger partial charge in [-0.3, -0.25) is 0 Å². The van der Waals surface area contributed by atoms with Crippen LogP contribution >= 0.6 is 0 Å². The van der Waals surface area contributed by atoms with Gasteiger partial charge in [0.2, 0.25) is 0 Å². The van der Waals surface area contributed by atoms with E-state index in [9.17, 15) is 26.3 Å². The zero-order valence-electron chi connectivity index (χ0n) is 10.8. The highest BCUT2D eigenvalue weighted by molar-refractivity contribution is 5.60. The smallest absolute Gasteiger partial charge is 0.418 e. The molecular formula is C14H9F6NO. The lowest BCUT2D eigenvalue weighted by Crippen LogP contribution is -2.16. The second kappa shape index (κ2) is 5.43. The van der Waals surface area contributed by atoms with Crippen molar-refractivity contribution in [1.82, 2.24) is 0 Å². The van der Waals surface area contributed by atoms with Crippen LogP contribution in [0.1, 0.15) is 11.1 Å². The largest absolute Gasteiger partial charge is 0.457 e. The normalized spacial score (nSPS) is 12.3. The molecule has 0 bridgehead atoms. The molecule has 0 aromatic heterocycles. The zero-order chi connectivity index (χ0) is 16.5. The number of para-hydroxylation sites is 1. The first-order valence-electron chi connectivity index (χ1n) is 5.90. The van der Waals surface area contributed by atoms with Crippen LogP contribution in [0.2, 0.25) is 0 Å². The van der Waals surface area contributed by atoms with E-state index >= 15 is 0 Å². The minimum atomic E-state index is -5.03. The third-order valence-electron chi connectivity index (χ3n) is 2.74. The second-order valence-electron chi connectivity index (χ2n) is 4.34. The molecule has 0 heterocycles. The SMILES string of the molecule is Nc1c(C(F)(F)F)cc(Oc2ccccc2)cc1C(F)(F)F. The van der Waals surface area contributed by atoms with Crippen molar-refractivity contribution in [2.24, 2.45) is 0 Å². The summed E-state index contributed by atoms with van der Waals surface area (Å²) < 4.78 is 82.0. The van der Waals surface area contributed by atoms with E-state index in [1.165, 1.54) is 24.3 Å². The van der Waals surface area contributed by atoms with Crippen molar-refractivity contribution >= 4 is 5.69 Å². The van der Waals surface area contributed by atoms with Gasteiger partial charge in [-0.25, -0.2) is 0 Å². The molecule has 0 fully saturated rings. The number of hydrogen-bond donors (Lipinski definition) is 1. The molecule has 0 aliphatic heterocycles. The molecule has 118 valence electrons. The summed E-state index contributed by atoms with van der Waals surface area (Å²) in [5.41, 5.74) is 0.469. The standard InChI is InChI=1S/C14H9F6NO/c15-13(16,17)10-6-9(22-8-4-2-1-3-5-8)7-11(12(10)21)14(18,19)20/h1-7H,21H2. The van der Waals surface area contributed by atoms with Crippen LogP contribution in [0, 0.1) is 0 Å². The van der Waals surface area contributed by atoms with Gasteiger partial charge in [-0.2, -0.15) is 26.3 Å². The Morgan fingerprint density at radius 1 is 0.727 bits per heavy atom. The molecule has 0 saturated carbocycles. The predicted octanol–water partition coefficient (Wildman–Crippen LogP) is 5.10. The van der Waals surface area contributed by atoms with Gasteiger partial charge in [-0.15, -0.1) is 0 Å². The topological polar surface area (TPSA) is 35.2 Å². The molecule has 2 nitrogen and oxygen atoms in total. The van der Waals surface area contributed by atoms with Crippen molar-refractivity contribution in [3.05, 3.63) is 53.6 Å². The van der Waals surface area contributed by atoms with Crippen molar-refractivity contribution in [3.63, 3.8) is 0 Å². The van der Waals surface area contributed by atoms with E-state index in [4.69, 9.17) is 10.5 Å². The van der Waals surface area contributed by atoms with Gasteiger partial charge in [0.05, 0.1) is 16.8 Å². The van der Waals surface area contributed by atoms with E-state index in [2.05, 4.69) is 0 Å². The Kier molecular flexibility index (Phi) is 3.95. The molecule has 2 N–H and O–H groups in total. The van der Waals surface area contributed by atoms with Crippen LogP contribution in [-0.4, -0.2) is 0 Å². The quantitative estimate of drug-likeness (QED) is 0.617. The maximum Gasteiger partial charge on any atom is 0.418 e. The molecule has 2 aromatic carbocycles. The Hall–Kier alpha value is -2.38. The minimum absolute atomic E-state index is 0.105. The third kappa shape index (κ3) is 3.44. The van der Waals surface area contributed by atoms with Gasteiger partial charge in [-0.05, 0) is 24.3 Å². The number of anilines is 1. The van der Waals surface area contributed by atoms with E-state index < -0.39 is 34.9 Å². The number of alkyl halides is 6. The van der Waals surface area contributed by atoms with E-state index in [0.717, 1.165) is 0 Å². The summed E-state index contributed by atoms with van der Waals surface area (Å²) in [7, 11) is 0. The summed E-state index contributed by atoms with van der Waals surface area (Å²) in [6.07, 6.45) is -10.1. The van der Waals surface area contributed by atoms with Crippen LogP contribution in [0.25, 0.3) is 0 Å². The Morgan fingerprint density at radius 3 is 1.59 bits per heavy atom. The van der Waals surface area contributed by atoms with Gasteiger partial charge in [0.1, 0.15) is 11.5 Å². The number of hydrogen-bond acceptors (Lipinski definition) is 2. The van der Waals surface area contributed by atoms with E-state index in [-0.39, 0.29) is 5.75 Å². The average Bonchev–Trinajstić information content (AvgIpc) is 2.39. The molecule has 0 amide bonds. The molecule has 0 radical (unpaired) electrons. The van der Waals surface area contributed by atoms with Gasteiger partial charge in [0.15, 0.2) is 0 Å². The van der Waals surface area contributed by atoms with E-state index in [1.54, 1.807) is 6.07 Å². The van der Waals surface area contributed by atoms with Crippen molar-refractivity contribution < 1.29 is 31.1 Å². The van der Waals surface area contributed by atoms with Gasteiger partial charge in [0, 0.05) is 0 Å². The summed E-state index contributed by atoms with van der Waals surface area (Å²) >= 11 is 0. The maximum absolute atomic E-state index is 12.8. The molecular weight excluding hydrogens is 312 g/mol. The Bertz CT molecular complexity index is 628. The average molecular weight is 321 g/mol. The fourth-order valence-electron chi connectivity index (χ4n) is 1.78. The number of nitrogens with two attached hydrogens (primary N) is 1. The van der Waals surface area contributed by atoms with Crippen molar-refractivity contribution in [3.8, 4) is 11.5 Å². The van der Waals surface area contributed by atoms with Gasteiger partial charge in [-0.1, -0.05) is 18.2 Å². The van der Waals surface area contributed by atoms with Crippen molar-refractivity contribution in [1.29, 1.82) is 0 Å². The first-order chi connectivity index (χ1) is 10.1. The highest BCUT2D eigenvalue weighted by Gasteiger charge is 2.41. The molecule has 0 aliphatic carbocycles. The maximum atomic E-state index is 12.8. The summed E-state index contributed by atoms with van der Waals surface area (Å²) in [6, 6.07) is 8.37. The molecule has 2 aromatic rings. The number of benzene rings is 2. The van der Waals surface area contributed by atoms with Crippen LogP contribution in [-0.2, 0) is 12.4 Å². The highest BCUT2D eigenvalue weighted by Crippen LogP contribution is 2.44. The molecule has 0 unspecified atom stereocenters. The summed E-state index contributed by atoms with van der Waals surface area (Å²) in [6.45, 7) is 0. The van der Waals surface area contributed by atoms with Crippen LogP contribution in [0.3, 0.4) is 0 Å². The lowest BCUT2D eigenvalue weighted by Gasteiger charge is -2.18. The molecule has 0 aliphatic rings. The molecule has 0 atom stereocenters. The number of ether oxygens (including phenoxy) is 1. The first-order valence-corrected chi connectivity index (χ1v) is 5.90. The molecule has 0 saturated heterocycles. The molecule has 2 rings (SSSR count). The summed E-state index contributed by atoms with van der Waals surface area (Å²) in [5, 5.41) is 0. The van der Waals surface area contributed by atoms with Gasteiger partial charge >= 0.3 is 12.4 Å². The van der Waals surface area contributed by atoms with Crippen molar-refractivity contribution in [2.75, 3.05) is 5.73 Å². The third-order valence-corrected chi connectivity index (χ3v) is 2.74. The second-order valence-corrected chi connectivity index (χ2v) is 4.34. The van der Waals surface area contributed by atoms with Gasteiger partial charge < -0.3 is 10.5 Å². The Balaban J connectivity index is 2.56. The van der Waals surface area contributed by atoms with E-state index in [1.807, 2.05) is 0 Å². The van der Waals surface area contributed by atoms with Crippen LogP contribution in [0.4, 0.5) is 32.0 Å². The Morgan fingerprint density at radius 2 is 1.18 bits per heavy atom. The fourth-order valence-corrected chi connectivity index (χ4v) is 1.78. The molecule has 22 heavy (non-hydrogen) atoms. The highest BCUT2D eigenvalue weighted by atomic mass is 19.4.